The molecule has 0 fully saturated rings. The van der Waals surface area contributed by atoms with E-state index in [1.807, 2.05) is 0 Å². The molecule has 0 aliphatic rings. The Morgan fingerprint density at radius 1 is 0.381 bits per heavy atom. The molecule has 0 rings (SSSR count). The fraction of sp³-hybridized carbons (Fsp3) is 1.00. The van der Waals surface area contributed by atoms with Crippen molar-refractivity contribution in [2.45, 2.75) is 0 Å². The van der Waals surface area contributed by atoms with Crippen molar-refractivity contribution in [1.29, 1.82) is 0 Å². The first-order valence-electron chi connectivity index (χ1n) is 5.68. The van der Waals surface area contributed by atoms with Crippen molar-refractivity contribution in [2.75, 3.05) is 82.3 Å². The molecule has 0 N–H and O–H groups in total. The van der Waals surface area contributed by atoms with Crippen LogP contribution in [0.25, 0.3) is 0 Å². The quantitative estimate of drug-likeness (QED) is 0.147. The molecule has 0 aromatic rings. The summed E-state index contributed by atoms with van der Waals surface area (Å²) in [5.74, 6) is 0. The van der Waals surface area contributed by atoms with Crippen LogP contribution in [0.5, 0.6) is 0 Å². The van der Waals surface area contributed by atoms with Gasteiger partial charge in [0, 0.05) is 42.7 Å². The Kier molecular flexibility index (Phi) is 91.8. The van der Waals surface area contributed by atoms with Gasteiger partial charge in [-0.25, -0.2) is 0 Å². The minimum atomic E-state index is 0. The van der Waals surface area contributed by atoms with Crippen LogP contribution in [0.15, 0.2) is 0 Å². The molecule has 0 unspecified atom stereocenters. The zero-order chi connectivity index (χ0) is 14.5. The standard InChI is InChI=1S/3C4H10O2.2HI.Sr/c3*1-5-3-4-6-2;;;/h3*3-4H2,1-2H3;2*1H;/q;;;;;+2/p-2. The molecule has 130 valence electrons. The molecule has 0 amide bonds. The van der Waals surface area contributed by atoms with Crippen molar-refractivity contribution in [3.8, 4) is 0 Å². The Balaban J connectivity index is -0.0000000375. The van der Waals surface area contributed by atoms with E-state index in [0.717, 1.165) is 0 Å². The SMILES string of the molecule is COCCOC.COCCOC.COCCOC.[I-].[I-].[Sr+2]. The first kappa shape index (κ1) is 39.0. The maximum Gasteiger partial charge on any atom is 2.00 e. The van der Waals surface area contributed by atoms with E-state index in [2.05, 4.69) is 28.4 Å². The molecular formula is C12H30I2O6Sr. The van der Waals surface area contributed by atoms with E-state index in [1.54, 1.807) is 42.7 Å². The van der Waals surface area contributed by atoms with Crippen LogP contribution in [0, 0.1) is 0 Å². The molecule has 0 aromatic carbocycles. The summed E-state index contributed by atoms with van der Waals surface area (Å²) >= 11 is 0. The third-order valence-electron chi connectivity index (χ3n) is 1.47. The third-order valence-corrected chi connectivity index (χ3v) is 1.47. The van der Waals surface area contributed by atoms with Gasteiger partial charge in [-0.15, -0.1) is 0 Å². The molecule has 0 bridgehead atoms. The van der Waals surface area contributed by atoms with Gasteiger partial charge in [0.1, 0.15) is 0 Å². The smallest absolute Gasteiger partial charge is 1.00 e. The maximum absolute atomic E-state index is 4.66. The topological polar surface area (TPSA) is 55.4 Å². The molecule has 6 nitrogen and oxygen atoms in total. The van der Waals surface area contributed by atoms with Gasteiger partial charge in [0.25, 0.3) is 0 Å². The summed E-state index contributed by atoms with van der Waals surface area (Å²) in [6.45, 7) is 4.15. The molecule has 21 heavy (non-hydrogen) atoms. The molecule has 0 atom stereocenters. The zero-order valence-corrected chi connectivity index (χ0v) is 21.9. The summed E-state index contributed by atoms with van der Waals surface area (Å²) in [6, 6.07) is 0. The van der Waals surface area contributed by atoms with Gasteiger partial charge in [0.15, 0.2) is 0 Å². The fourth-order valence-corrected chi connectivity index (χ4v) is 0.500. The van der Waals surface area contributed by atoms with E-state index in [1.165, 1.54) is 0 Å². The van der Waals surface area contributed by atoms with Crippen LogP contribution in [-0.2, 0) is 28.4 Å². The second-order valence-corrected chi connectivity index (χ2v) is 2.96. The molecule has 0 aliphatic heterocycles. The van der Waals surface area contributed by atoms with E-state index >= 15 is 0 Å². The number of methoxy groups -OCH3 is 6. The van der Waals surface area contributed by atoms with Crippen LogP contribution in [0.3, 0.4) is 0 Å². The normalized spacial score (nSPS) is 7.71. The Bertz CT molecular complexity index is 86.7. The van der Waals surface area contributed by atoms with Crippen molar-refractivity contribution in [1.82, 2.24) is 0 Å². The minimum Gasteiger partial charge on any atom is -1.00 e. The molecular weight excluding hydrogens is 582 g/mol. The first-order valence-corrected chi connectivity index (χ1v) is 5.68. The summed E-state index contributed by atoms with van der Waals surface area (Å²) in [6.07, 6.45) is 0. The van der Waals surface area contributed by atoms with Gasteiger partial charge >= 0.3 is 45.5 Å². The van der Waals surface area contributed by atoms with Crippen LogP contribution in [-0.4, -0.2) is 128 Å². The van der Waals surface area contributed by atoms with Gasteiger partial charge in [-0.05, 0) is 0 Å². The summed E-state index contributed by atoms with van der Waals surface area (Å²) < 4.78 is 27.9. The molecule has 0 aliphatic carbocycles. The van der Waals surface area contributed by atoms with Crippen LogP contribution in [0.4, 0.5) is 0 Å². The average molecular weight is 612 g/mol. The maximum atomic E-state index is 4.66. The number of rotatable bonds is 9. The summed E-state index contributed by atoms with van der Waals surface area (Å²) in [4.78, 5) is 0. The second-order valence-electron chi connectivity index (χ2n) is 2.96. The van der Waals surface area contributed by atoms with Gasteiger partial charge < -0.3 is 76.4 Å². The number of halogens is 2. The Morgan fingerprint density at radius 2 is 0.476 bits per heavy atom. The van der Waals surface area contributed by atoms with Gasteiger partial charge in [0.2, 0.25) is 0 Å². The Hall–Kier alpha value is 2.70. The summed E-state index contributed by atoms with van der Waals surface area (Å²) in [5, 5.41) is 0. The second kappa shape index (κ2) is 49.5. The van der Waals surface area contributed by atoms with Gasteiger partial charge in [-0.1, -0.05) is 0 Å². The molecule has 0 spiro atoms. The monoisotopic (exact) mass is 612 g/mol. The van der Waals surface area contributed by atoms with E-state index in [-0.39, 0.29) is 93.4 Å². The molecule has 0 aromatic heterocycles. The van der Waals surface area contributed by atoms with E-state index in [4.69, 9.17) is 0 Å². The van der Waals surface area contributed by atoms with Crippen molar-refractivity contribution in [3.05, 3.63) is 0 Å². The molecule has 9 heteroatoms. The fourth-order valence-electron chi connectivity index (χ4n) is 0.500. The number of hydrogen-bond donors (Lipinski definition) is 0. The van der Waals surface area contributed by atoms with Crippen LogP contribution in [0.2, 0.25) is 0 Å². The number of ether oxygens (including phenoxy) is 6. The number of hydrogen-bond acceptors (Lipinski definition) is 6. The van der Waals surface area contributed by atoms with Crippen LogP contribution >= 0.6 is 0 Å². The van der Waals surface area contributed by atoms with Crippen molar-refractivity contribution >= 4 is 45.5 Å². The van der Waals surface area contributed by atoms with E-state index < -0.39 is 0 Å². The Labute approximate surface area is 201 Å². The van der Waals surface area contributed by atoms with Crippen LogP contribution < -0.4 is 48.0 Å². The van der Waals surface area contributed by atoms with Gasteiger partial charge in [0.05, 0.1) is 39.6 Å². The van der Waals surface area contributed by atoms with Crippen molar-refractivity contribution in [3.63, 3.8) is 0 Å². The molecule has 0 saturated carbocycles. The van der Waals surface area contributed by atoms with Crippen molar-refractivity contribution in [2.24, 2.45) is 0 Å². The largest absolute Gasteiger partial charge is 2.00 e. The van der Waals surface area contributed by atoms with Crippen molar-refractivity contribution < 1.29 is 76.4 Å². The Morgan fingerprint density at radius 3 is 0.524 bits per heavy atom. The van der Waals surface area contributed by atoms with E-state index in [0.29, 0.717) is 39.6 Å². The van der Waals surface area contributed by atoms with E-state index in [9.17, 15) is 0 Å². The van der Waals surface area contributed by atoms with Gasteiger partial charge in [-0.3, -0.25) is 0 Å². The third kappa shape index (κ3) is 71.1. The van der Waals surface area contributed by atoms with Crippen LogP contribution in [0.1, 0.15) is 0 Å². The minimum absolute atomic E-state index is 0. The average Bonchev–Trinajstić information content (AvgIpc) is 2.42. The summed E-state index contributed by atoms with van der Waals surface area (Å²) in [5.41, 5.74) is 0. The molecule has 0 heterocycles. The predicted molar refractivity (Wildman–Crippen MR) is 77.0 cm³/mol. The van der Waals surface area contributed by atoms with Gasteiger partial charge in [-0.2, -0.15) is 0 Å². The summed E-state index contributed by atoms with van der Waals surface area (Å²) in [7, 11) is 9.91. The molecule has 0 radical (unpaired) electrons. The predicted octanol–water partition coefficient (Wildman–Crippen LogP) is -5.54. The molecule has 0 saturated heterocycles. The first-order chi connectivity index (χ1) is 8.74. The zero-order valence-electron chi connectivity index (χ0n) is 14.2.